The zero-order valence-corrected chi connectivity index (χ0v) is 15.5. The summed E-state index contributed by atoms with van der Waals surface area (Å²) in [6.45, 7) is 10.9. The minimum Gasteiger partial charge on any atom is -0.384 e. The van der Waals surface area contributed by atoms with Crippen molar-refractivity contribution in [3.05, 3.63) is 47.3 Å². The fourth-order valence-corrected chi connectivity index (χ4v) is 3.02. The average Bonchev–Trinajstić information content (AvgIpc) is 2.94. The highest BCUT2D eigenvalue weighted by atomic mass is 16.3. The first-order valence-electron chi connectivity index (χ1n) is 8.61. The first-order valence-corrected chi connectivity index (χ1v) is 8.61. The molecule has 3 rings (SSSR count). The van der Waals surface area contributed by atoms with Crippen molar-refractivity contribution in [2.45, 2.75) is 51.7 Å². The highest BCUT2D eigenvalue weighted by Gasteiger charge is 2.35. The van der Waals surface area contributed by atoms with E-state index in [0.29, 0.717) is 18.8 Å². The number of aromatic nitrogens is 3. The van der Waals surface area contributed by atoms with E-state index in [4.69, 9.17) is 0 Å². The summed E-state index contributed by atoms with van der Waals surface area (Å²) in [4.78, 5) is 14.7. The molecule has 6 heteroatoms. The second kappa shape index (κ2) is 5.95. The lowest BCUT2D eigenvalue weighted by atomic mass is 9.83. The van der Waals surface area contributed by atoms with E-state index >= 15 is 0 Å². The van der Waals surface area contributed by atoms with Gasteiger partial charge < -0.3 is 10.0 Å². The number of likely N-dealkylation sites (tertiary alicyclic amines) is 1. The van der Waals surface area contributed by atoms with Crippen molar-refractivity contribution in [2.75, 3.05) is 13.1 Å². The number of hydrogen-bond acceptors (Lipinski definition) is 4. The van der Waals surface area contributed by atoms with Crippen molar-refractivity contribution in [2.24, 2.45) is 0 Å². The Hall–Kier alpha value is -2.21. The smallest absolute Gasteiger partial charge is 0.254 e. The number of carbonyl (C=O) groups excluding carboxylic acids is 1. The lowest BCUT2D eigenvalue weighted by Crippen LogP contribution is -2.51. The molecule has 2 aromatic rings. The summed E-state index contributed by atoms with van der Waals surface area (Å²) in [5, 5.41) is 18.1. The molecule has 1 amide bonds. The van der Waals surface area contributed by atoms with Gasteiger partial charge >= 0.3 is 0 Å². The monoisotopic (exact) mass is 342 g/mol. The minimum absolute atomic E-state index is 0.0598. The Morgan fingerprint density at radius 2 is 1.80 bits per heavy atom. The van der Waals surface area contributed by atoms with Gasteiger partial charge in [0.15, 0.2) is 0 Å². The standard InChI is InChI=1S/C19H26N4O2/c1-18(2,3)15-9-7-6-8-14(15)17(24)22-10-13(11-22)23-12-16(20-21-23)19(4,5)25/h6-9,12-13,25H,10-11H2,1-5H3. The fourth-order valence-electron chi connectivity index (χ4n) is 3.02. The number of amides is 1. The van der Waals surface area contributed by atoms with Gasteiger partial charge in [0.1, 0.15) is 11.3 Å². The van der Waals surface area contributed by atoms with Crippen LogP contribution in [-0.2, 0) is 11.0 Å². The molecule has 0 aliphatic carbocycles. The SMILES string of the molecule is CC(C)(C)c1ccccc1C(=O)N1CC(n2cc(C(C)(C)O)nn2)C1. The van der Waals surface area contributed by atoms with Gasteiger partial charge in [0.2, 0.25) is 0 Å². The molecule has 0 radical (unpaired) electrons. The number of rotatable bonds is 3. The normalized spacial score (nSPS) is 16.0. The first kappa shape index (κ1) is 17.6. The summed E-state index contributed by atoms with van der Waals surface area (Å²) in [7, 11) is 0. The fraction of sp³-hybridized carbons (Fsp3) is 0.526. The number of aliphatic hydroxyl groups is 1. The van der Waals surface area contributed by atoms with Gasteiger partial charge in [-0.25, -0.2) is 4.68 Å². The maximum atomic E-state index is 12.9. The molecule has 6 nitrogen and oxygen atoms in total. The highest BCUT2D eigenvalue weighted by Crippen LogP contribution is 2.30. The first-order chi connectivity index (χ1) is 11.6. The summed E-state index contributed by atoms with van der Waals surface area (Å²) in [5.41, 5.74) is 1.28. The Labute approximate surface area is 148 Å². The van der Waals surface area contributed by atoms with Crippen molar-refractivity contribution in [3.63, 3.8) is 0 Å². The minimum atomic E-state index is -1.01. The molecule has 0 unspecified atom stereocenters. The van der Waals surface area contributed by atoms with E-state index in [1.54, 1.807) is 24.7 Å². The number of benzene rings is 1. The van der Waals surface area contributed by atoms with E-state index in [1.165, 1.54) is 0 Å². The molecular weight excluding hydrogens is 316 g/mol. The van der Waals surface area contributed by atoms with Crippen LogP contribution in [0.1, 0.15) is 62.3 Å². The van der Waals surface area contributed by atoms with E-state index in [2.05, 4.69) is 31.1 Å². The molecule has 1 fully saturated rings. The third-order valence-electron chi connectivity index (χ3n) is 4.63. The largest absolute Gasteiger partial charge is 0.384 e. The summed E-state index contributed by atoms with van der Waals surface area (Å²) in [6, 6.07) is 7.92. The number of nitrogens with zero attached hydrogens (tertiary/aromatic N) is 4. The van der Waals surface area contributed by atoms with E-state index in [1.807, 2.05) is 29.2 Å². The maximum Gasteiger partial charge on any atom is 0.254 e. The summed E-state index contributed by atoms with van der Waals surface area (Å²) < 4.78 is 1.74. The molecule has 1 N–H and O–H groups in total. The van der Waals surface area contributed by atoms with Crippen LogP contribution < -0.4 is 0 Å². The van der Waals surface area contributed by atoms with Crippen LogP contribution in [0.15, 0.2) is 30.5 Å². The molecule has 0 saturated carbocycles. The van der Waals surface area contributed by atoms with Crippen LogP contribution in [0, 0.1) is 0 Å². The van der Waals surface area contributed by atoms with Crippen LogP contribution >= 0.6 is 0 Å². The lowest BCUT2D eigenvalue weighted by Gasteiger charge is -2.39. The number of carbonyl (C=O) groups is 1. The van der Waals surface area contributed by atoms with Crippen LogP contribution in [0.2, 0.25) is 0 Å². The van der Waals surface area contributed by atoms with Crippen LogP contribution in [-0.4, -0.2) is 44.0 Å². The summed E-state index contributed by atoms with van der Waals surface area (Å²) >= 11 is 0. The van der Waals surface area contributed by atoms with Crippen molar-refractivity contribution in [1.82, 2.24) is 19.9 Å². The molecular formula is C19H26N4O2. The summed E-state index contributed by atoms with van der Waals surface area (Å²) in [5.74, 6) is 0.0598. The summed E-state index contributed by atoms with van der Waals surface area (Å²) in [6.07, 6.45) is 1.76. The van der Waals surface area contributed by atoms with Gasteiger partial charge in [-0.2, -0.15) is 0 Å². The quantitative estimate of drug-likeness (QED) is 0.930. The van der Waals surface area contributed by atoms with Crippen LogP contribution in [0.3, 0.4) is 0 Å². The van der Waals surface area contributed by atoms with E-state index in [0.717, 1.165) is 11.1 Å². The van der Waals surface area contributed by atoms with Gasteiger partial charge in [0.05, 0.1) is 12.2 Å². The average molecular weight is 342 g/mol. The van der Waals surface area contributed by atoms with Gasteiger partial charge in [-0.3, -0.25) is 4.79 Å². The van der Waals surface area contributed by atoms with Crippen LogP contribution in [0.4, 0.5) is 0 Å². The van der Waals surface area contributed by atoms with E-state index in [-0.39, 0.29) is 17.4 Å². The van der Waals surface area contributed by atoms with Crippen LogP contribution in [0.25, 0.3) is 0 Å². The zero-order valence-electron chi connectivity index (χ0n) is 15.5. The maximum absolute atomic E-state index is 12.9. The van der Waals surface area contributed by atoms with Crippen molar-refractivity contribution in [1.29, 1.82) is 0 Å². The number of hydrogen-bond donors (Lipinski definition) is 1. The lowest BCUT2D eigenvalue weighted by molar-refractivity contribution is 0.0494. The molecule has 0 bridgehead atoms. The van der Waals surface area contributed by atoms with Gasteiger partial charge in [-0.1, -0.05) is 44.2 Å². The molecule has 25 heavy (non-hydrogen) atoms. The second-order valence-corrected chi connectivity index (χ2v) is 8.30. The Bertz CT molecular complexity index is 777. The molecule has 1 aliphatic rings. The molecule has 1 aromatic heterocycles. The highest BCUT2D eigenvalue weighted by molar-refractivity contribution is 5.96. The van der Waals surface area contributed by atoms with E-state index in [9.17, 15) is 9.90 Å². The molecule has 2 heterocycles. The predicted molar refractivity (Wildman–Crippen MR) is 95.3 cm³/mol. The molecule has 1 aromatic carbocycles. The zero-order chi connectivity index (χ0) is 18.4. The Balaban J connectivity index is 1.71. The van der Waals surface area contributed by atoms with E-state index < -0.39 is 5.60 Å². The predicted octanol–water partition coefficient (Wildman–Crippen LogP) is 2.50. The Morgan fingerprint density at radius 1 is 1.16 bits per heavy atom. The van der Waals surface area contributed by atoms with Crippen LogP contribution in [0.5, 0.6) is 0 Å². The van der Waals surface area contributed by atoms with Gasteiger partial charge in [-0.15, -0.1) is 5.10 Å². The molecule has 1 aliphatic heterocycles. The molecule has 0 spiro atoms. The Morgan fingerprint density at radius 3 is 2.36 bits per heavy atom. The van der Waals surface area contributed by atoms with Crippen molar-refractivity contribution >= 4 is 5.91 Å². The molecule has 0 atom stereocenters. The second-order valence-electron chi connectivity index (χ2n) is 8.30. The topological polar surface area (TPSA) is 71.2 Å². The molecule has 1 saturated heterocycles. The third-order valence-corrected chi connectivity index (χ3v) is 4.63. The Kier molecular flexibility index (Phi) is 4.19. The van der Waals surface area contributed by atoms with Gasteiger partial charge in [-0.05, 0) is 30.9 Å². The van der Waals surface area contributed by atoms with Crippen molar-refractivity contribution in [3.8, 4) is 0 Å². The van der Waals surface area contributed by atoms with Gasteiger partial charge in [0.25, 0.3) is 5.91 Å². The van der Waals surface area contributed by atoms with Gasteiger partial charge in [0, 0.05) is 18.7 Å². The van der Waals surface area contributed by atoms with Crippen molar-refractivity contribution < 1.29 is 9.90 Å². The third kappa shape index (κ3) is 3.44. The molecule has 134 valence electrons.